The number of nitrogens with one attached hydrogen (secondary N) is 3. The molecule has 0 bridgehead atoms. The second-order valence-corrected chi connectivity index (χ2v) is 7.49. The number of aromatic nitrogens is 1. The third kappa shape index (κ3) is 6.41. The minimum Gasteiger partial charge on any atom is -0.357 e. The molecule has 27 heavy (non-hydrogen) atoms. The number of piperidine rings is 1. The van der Waals surface area contributed by atoms with Gasteiger partial charge in [0.25, 0.3) is 0 Å². The molecule has 1 aliphatic heterocycles. The second kappa shape index (κ2) is 10.1. The van der Waals surface area contributed by atoms with Crippen LogP contribution in [0, 0.1) is 0 Å². The van der Waals surface area contributed by atoms with E-state index in [1.807, 2.05) is 12.1 Å². The lowest BCUT2D eigenvalue weighted by Crippen LogP contribution is -2.43. The van der Waals surface area contributed by atoms with E-state index in [-0.39, 0.29) is 24.4 Å². The fourth-order valence-corrected chi connectivity index (χ4v) is 3.77. The van der Waals surface area contributed by atoms with Gasteiger partial charge < -0.3 is 20.9 Å². The van der Waals surface area contributed by atoms with Gasteiger partial charge in [0, 0.05) is 32.1 Å². The summed E-state index contributed by atoms with van der Waals surface area (Å²) in [6.07, 6.45) is 11.4. The molecule has 2 heterocycles. The monoisotopic (exact) mass is 373 g/mol. The third-order valence-electron chi connectivity index (χ3n) is 5.29. The van der Waals surface area contributed by atoms with Gasteiger partial charge in [-0.1, -0.05) is 19.3 Å². The normalized spacial score (nSPS) is 18.0. The number of anilines is 2. The molecular weight excluding hydrogens is 342 g/mol. The standard InChI is InChI=1S/C20H31N5O2/c26-19(11-12-21-20(27)24-16-7-3-1-4-8-16)23-17-9-10-18(22-15-17)25-13-5-2-6-14-25/h9-10,15-16H,1-8,11-14H2,(H,23,26)(H2,21,24,27). The number of urea groups is 1. The highest BCUT2D eigenvalue weighted by atomic mass is 16.2. The molecule has 0 spiro atoms. The van der Waals surface area contributed by atoms with Gasteiger partial charge in [-0.15, -0.1) is 0 Å². The van der Waals surface area contributed by atoms with Crippen LogP contribution in [-0.4, -0.2) is 42.6 Å². The summed E-state index contributed by atoms with van der Waals surface area (Å²) in [6, 6.07) is 3.94. The van der Waals surface area contributed by atoms with Crippen LogP contribution in [0.2, 0.25) is 0 Å². The van der Waals surface area contributed by atoms with Crippen LogP contribution in [-0.2, 0) is 4.79 Å². The number of amides is 3. The Balaban J connectivity index is 1.34. The quantitative estimate of drug-likeness (QED) is 0.715. The van der Waals surface area contributed by atoms with Gasteiger partial charge in [0.1, 0.15) is 5.82 Å². The van der Waals surface area contributed by atoms with Crippen LogP contribution in [0.1, 0.15) is 57.8 Å². The zero-order chi connectivity index (χ0) is 18.9. The van der Waals surface area contributed by atoms with Crippen molar-refractivity contribution in [2.75, 3.05) is 29.9 Å². The maximum absolute atomic E-state index is 12.0. The summed E-state index contributed by atoms with van der Waals surface area (Å²) in [4.78, 5) is 30.7. The molecule has 7 nitrogen and oxygen atoms in total. The number of rotatable bonds is 6. The van der Waals surface area contributed by atoms with Crippen LogP contribution in [0.4, 0.5) is 16.3 Å². The minimum absolute atomic E-state index is 0.125. The molecule has 7 heteroatoms. The molecule has 1 saturated heterocycles. The lowest BCUT2D eigenvalue weighted by molar-refractivity contribution is -0.116. The zero-order valence-electron chi connectivity index (χ0n) is 16.0. The highest BCUT2D eigenvalue weighted by Gasteiger charge is 2.15. The van der Waals surface area contributed by atoms with E-state index in [0.717, 1.165) is 31.7 Å². The lowest BCUT2D eigenvalue weighted by atomic mass is 9.96. The first-order chi connectivity index (χ1) is 13.2. The number of carbonyl (C=O) groups is 2. The topological polar surface area (TPSA) is 86.4 Å². The van der Waals surface area contributed by atoms with E-state index in [1.165, 1.54) is 38.5 Å². The summed E-state index contributed by atoms with van der Waals surface area (Å²) >= 11 is 0. The van der Waals surface area contributed by atoms with E-state index in [9.17, 15) is 9.59 Å². The summed E-state index contributed by atoms with van der Waals surface area (Å²) in [6.45, 7) is 2.42. The molecule has 0 aromatic carbocycles. The van der Waals surface area contributed by atoms with E-state index in [4.69, 9.17) is 0 Å². The average molecular weight is 374 g/mol. The van der Waals surface area contributed by atoms with Crippen molar-refractivity contribution in [1.29, 1.82) is 0 Å². The minimum atomic E-state index is -0.178. The zero-order valence-corrected chi connectivity index (χ0v) is 16.0. The van der Waals surface area contributed by atoms with E-state index < -0.39 is 0 Å². The van der Waals surface area contributed by atoms with Crippen molar-refractivity contribution in [2.24, 2.45) is 0 Å². The highest BCUT2D eigenvalue weighted by Crippen LogP contribution is 2.19. The molecule has 1 aliphatic carbocycles. The van der Waals surface area contributed by atoms with Crippen molar-refractivity contribution in [1.82, 2.24) is 15.6 Å². The molecule has 3 rings (SSSR count). The Morgan fingerprint density at radius 3 is 2.48 bits per heavy atom. The van der Waals surface area contributed by atoms with Crippen molar-refractivity contribution >= 4 is 23.4 Å². The maximum Gasteiger partial charge on any atom is 0.315 e. The first kappa shape index (κ1) is 19.5. The predicted octanol–water partition coefficient (Wildman–Crippen LogP) is 3.03. The van der Waals surface area contributed by atoms with Crippen molar-refractivity contribution in [3.05, 3.63) is 18.3 Å². The summed E-state index contributed by atoms with van der Waals surface area (Å²) in [5.41, 5.74) is 0.687. The van der Waals surface area contributed by atoms with Gasteiger partial charge in [-0.25, -0.2) is 9.78 Å². The molecule has 3 N–H and O–H groups in total. The van der Waals surface area contributed by atoms with E-state index in [2.05, 4.69) is 25.8 Å². The average Bonchev–Trinajstić information content (AvgIpc) is 2.70. The van der Waals surface area contributed by atoms with Crippen LogP contribution in [0.5, 0.6) is 0 Å². The Labute approximate surface area is 161 Å². The molecule has 1 aromatic rings. The van der Waals surface area contributed by atoms with E-state index in [1.54, 1.807) is 6.20 Å². The first-order valence-electron chi connectivity index (χ1n) is 10.3. The van der Waals surface area contributed by atoms with Gasteiger partial charge in [-0.3, -0.25) is 4.79 Å². The van der Waals surface area contributed by atoms with Gasteiger partial charge in [-0.2, -0.15) is 0 Å². The van der Waals surface area contributed by atoms with Gasteiger partial charge in [-0.05, 0) is 44.2 Å². The Morgan fingerprint density at radius 1 is 1.04 bits per heavy atom. The molecule has 1 aromatic heterocycles. The van der Waals surface area contributed by atoms with Gasteiger partial charge in [0.2, 0.25) is 5.91 Å². The summed E-state index contributed by atoms with van der Waals surface area (Å²) in [5.74, 6) is 0.842. The molecular formula is C20H31N5O2. The third-order valence-corrected chi connectivity index (χ3v) is 5.29. The number of hydrogen-bond donors (Lipinski definition) is 3. The van der Waals surface area contributed by atoms with E-state index >= 15 is 0 Å². The molecule has 0 unspecified atom stereocenters. The van der Waals surface area contributed by atoms with Crippen LogP contribution in [0.3, 0.4) is 0 Å². The Morgan fingerprint density at radius 2 is 1.78 bits per heavy atom. The van der Waals surface area contributed by atoms with Gasteiger partial charge in [0.15, 0.2) is 0 Å². The van der Waals surface area contributed by atoms with Crippen molar-refractivity contribution in [3.8, 4) is 0 Å². The SMILES string of the molecule is O=C(CCNC(=O)NC1CCCCC1)Nc1ccc(N2CCCCC2)nc1. The van der Waals surface area contributed by atoms with Crippen LogP contribution < -0.4 is 20.9 Å². The van der Waals surface area contributed by atoms with E-state index in [0.29, 0.717) is 12.2 Å². The lowest BCUT2D eigenvalue weighted by Gasteiger charge is -2.27. The highest BCUT2D eigenvalue weighted by molar-refractivity contribution is 5.91. The predicted molar refractivity (Wildman–Crippen MR) is 107 cm³/mol. The first-order valence-corrected chi connectivity index (χ1v) is 10.3. The van der Waals surface area contributed by atoms with Crippen molar-refractivity contribution < 1.29 is 9.59 Å². The number of carbonyl (C=O) groups excluding carboxylic acids is 2. The van der Waals surface area contributed by atoms with Crippen LogP contribution >= 0.6 is 0 Å². The molecule has 2 aliphatic rings. The molecule has 1 saturated carbocycles. The number of nitrogens with zero attached hydrogens (tertiary/aromatic N) is 2. The smallest absolute Gasteiger partial charge is 0.315 e. The molecule has 3 amide bonds. The Hall–Kier alpha value is -2.31. The molecule has 0 radical (unpaired) electrons. The number of hydrogen-bond acceptors (Lipinski definition) is 4. The Kier molecular flexibility index (Phi) is 7.30. The van der Waals surface area contributed by atoms with Crippen molar-refractivity contribution in [2.45, 2.75) is 63.8 Å². The van der Waals surface area contributed by atoms with Crippen molar-refractivity contribution in [3.63, 3.8) is 0 Å². The Bertz CT molecular complexity index is 607. The summed E-state index contributed by atoms with van der Waals surface area (Å²) in [5, 5.41) is 8.58. The second-order valence-electron chi connectivity index (χ2n) is 7.49. The fourth-order valence-electron chi connectivity index (χ4n) is 3.77. The summed E-state index contributed by atoms with van der Waals surface area (Å²) < 4.78 is 0. The maximum atomic E-state index is 12.0. The van der Waals surface area contributed by atoms with Crippen LogP contribution in [0.15, 0.2) is 18.3 Å². The largest absolute Gasteiger partial charge is 0.357 e. The molecule has 0 atom stereocenters. The molecule has 148 valence electrons. The van der Waals surface area contributed by atoms with Gasteiger partial charge >= 0.3 is 6.03 Å². The molecule has 2 fully saturated rings. The number of pyridine rings is 1. The summed E-state index contributed by atoms with van der Waals surface area (Å²) in [7, 11) is 0. The van der Waals surface area contributed by atoms with Gasteiger partial charge in [0.05, 0.1) is 11.9 Å². The fraction of sp³-hybridized carbons (Fsp3) is 0.650. The van der Waals surface area contributed by atoms with Crippen LogP contribution in [0.25, 0.3) is 0 Å².